The Labute approximate surface area is 84.7 Å². The van der Waals surface area contributed by atoms with Crippen LogP contribution in [0.1, 0.15) is 38.5 Å². The van der Waals surface area contributed by atoms with Gasteiger partial charge in [-0.15, -0.1) is 0 Å². The van der Waals surface area contributed by atoms with E-state index in [4.69, 9.17) is 10.3 Å². The van der Waals surface area contributed by atoms with E-state index in [0.717, 1.165) is 24.2 Å². The van der Waals surface area contributed by atoms with Gasteiger partial charge in [-0.25, -0.2) is 0 Å². The van der Waals surface area contributed by atoms with Crippen LogP contribution < -0.4 is 5.73 Å². The summed E-state index contributed by atoms with van der Waals surface area (Å²) in [6.45, 7) is 6.84. The molecule has 0 amide bonds. The minimum absolute atomic E-state index is 0.346. The van der Waals surface area contributed by atoms with Gasteiger partial charge in [-0.05, 0) is 24.2 Å². The highest BCUT2D eigenvalue weighted by Crippen LogP contribution is 2.38. The number of fused-ring (bicyclic) bond motifs is 1. The molecule has 1 aromatic heterocycles. The number of aromatic nitrogens is 1. The Morgan fingerprint density at radius 3 is 2.79 bits per heavy atom. The molecule has 3 nitrogen and oxygen atoms in total. The van der Waals surface area contributed by atoms with E-state index in [1.807, 2.05) is 0 Å². The number of rotatable bonds is 0. The Hall–Kier alpha value is -0.990. The summed E-state index contributed by atoms with van der Waals surface area (Å²) in [5, 5.41) is 3.82. The third kappa shape index (κ3) is 1.51. The number of hydrogen-bond acceptors (Lipinski definition) is 3. The molecule has 0 saturated heterocycles. The molecule has 3 heteroatoms. The van der Waals surface area contributed by atoms with Gasteiger partial charge in [0.2, 0.25) is 0 Å². The minimum atomic E-state index is 0.346. The Morgan fingerprint density at radius 2 is 2.14 bits per heavy atom. The highest BCUT2D eigenvalue weighted by Gasteiger charge is 2.31. The molecule has 0 aliphatic heterocycles. The topological polar surface area (TPSA) is 52.0 Å². The highest BCUT2D eigenvalue weighted by atomic mass is 16.5. The lowest BCUT2D eigenvalue weighted by molar-refractivity contribution is 0.197. The zero-order valence-corrected chi connectivity index (χ0v) is 9.13. The van der Waals surface area contributed by atoms with Gasteiger partial charge in [0.25, 0.3) is 0 Å². The molecule has 1 atom stereocenters. The van der Waals surface area contributed by atoms with E-state index in [0.29, 0.717) is 17.2 Å². The first-order valence-corrected chi connectivity index (χ1v) is 5.21. The van der Waals surface area contributed by atoms with Gasteiger partial charge in [0.05, 0.1) is 0 Å². The Bertz CT molecular complexity index is 336. The Kier molecular flexibility index (Phi) is 2.05. The zero-order chi connectivity index (χ0) is 10.3. The lowest BCUT2D eigenvalue weighted by atomic mass is 9.72. The number of anilines is 1. The Morgan fingerprint density at radius 1 is 1.43 bits per heavy atom. The second-order valence-electron chi connectivity index (χ2n) is 5.28. The van der Waals surface area contributed by atoms with Crippen molar-refractivity contribution in [2.45, 2.75) is 40.0 Å². The van der Waals surface area contributed by atoms with E-state index in [2.05, 4.69) is 25.9 Å². The van der Waals surface area contributed by atoms with Crippen LogP contribution in [-0.2, 0) is 12.8 Å². The van der Waals surface area contributed by atoms with Crippen molar-refractivity contribution in [2.75, 3.05) is 5.73 Å². The zero-order valence-electron chi connectivity index (χ0n) is 9.13. The number of nitrogen functional groups attached to an aromatic ring is 1. The molecule has 1 heterocycles. The summed E-state index contributed by atoms with van der Waals surface area (Å²) >= 11 is 0. The molecule has 78 valence electrons. The molecular formula is C11H18N2O. The van der Waals surface area contributed by atoms with Gasteiger partial charge in [0.15, 0.2) is 5.82 Å². The lowest BCUT2D eigenvalue weighted by Crippen LogP contribution is -2.26. The molecule has 0 radical (unpaired) electrons. The summed E-state index contributed by atoms with van der Waals surface area (Å²) in [4.78, 5) is 0. The van der Waals surface area contributed by atoms with Gasteiger partial charge in [0.1, 0.15) is 5.76 Å². The summed E-state index contributed by atoms with van der Waals surface area (Å²) in [6, 6.07) is 0. The summed E-state index contributed by atoms with van der Waals surface area (Å²) in [7, 11) is 0. The fourth-order valence-corrected chi connectivity index (χ4v) is 2.17. The van der Waals surface area contributed by atoms with Gasteiger partial charge in [-0.3, -0.25) is 0 Å². The highest BCUT2D eigenvalue weighted by molar-refractivity contribution is 5.41. The first-order valence-electron chi connectivity index (χ1n) is 5.21. The van der Waals surface area contributed by atoms with Crippen LogP contribution >= 0.6 is 0 Å². The number of nitrogens with zero attached hydrogens (tertiary/aromatic N) is 1. The van der Waals surface area contributed by atoms with Crippen LogP contribution in [0.4, 0.5) is 5.82 Å². The van der Waals surface area contributed by atoms with Crippen molar-refractivity contribution < 1.29 is 4.52 Å². The van der Waals surface area contributed by atoms with Crippen molar-refractivity contribution in [2.24, 2.45) is 11.3 Å². The van der Waals surface area contributed by atoms with Crippen molar-refractivity contribution in [1.82, 2.24) is 5.16 Å². The first kappa shape index (κ1) is 9.56. The van der Waals surface area contributed by atoms with E-state index in [1.54, 1.807) is 0 Å². The van der Waals surface area contributed by atoms with Gasteiger partial charge in [-0.2, -0.15) is 0 Å². The number of hydrogen-bond donors (Lipinski definition) is 1. The molecule has 0 saturated carbocycles. The molecule has 0 aromatic carbocycles. The predicted octanol–water partition coefficient (Wildman–Crippen LogP) is 2.41. The second-order valence-corrected chi connectivity index (χ2v) is 5.28. The molecule has 2 N–H and O–H groups in total. The smallest absolute Gasteiger partial charge is 0.170 e. The standard InChI is InChI=1S/C11H18N2O/c1-11(2,3)7-4-5-8-9(6-7)14-13-10(8)12/h7H,4-6H2,1-3H3,(H2,12,13). The van der Waals surface area contributed by atoms with E-state index < -0.39 is 0 Å². The quantitative estimate of drug-likeness (QED) is 0.690. The van der Waals surface area contributed by atoms with E-state index in [1.165, 1.54) is 6.42 Å². The van der Waals surface area contributed by atoms with Crippen LogP contribution in [0.3, 0.4) is 0 Å². The average molecular weight is 194 g/mol. The van der Waals surface area contributed by atoms with Crippen LogP contribution in [0.15, 0.2) is 4.52 Å². The van der Waals surface area contributed by atoms with Crippen molar-refractivity contribution in [3.63, 3.8) is 0 Å². The fourth-order valence-electron chi connectivity index (χ4n) is 2.17. The van der Waals surface area contributed by atoms with Crippen molar-refractivity contribution >= 4 is 5.82 Å². The molecule has 14 heavy (non-hydrogen) atoms. The van der Waals surface area contributed by atoms with Gasteiger partial charge < -0.3 is 10.3 Å². The summed E-state index contributed by atoms with van der Waals surface area (Å²) in [5.74, 6) is 2.28. The molecule has 0 fully saturated rings. The normalized spacial score (nSPS) is 22.1. The molecule has 1 aliphatic rings. The molecule has 1 aliphatic carbocycles. The molecule has 0 bridgehead atoms. The predicted molar refractivity (Wildman–Crippen MR) is 55.9 cm³/mol. The summed E-state index contributed by atoms with van der Waals surface area (Å²) in [6.07, 6.45) is 3.21. The third-order valence-electron chi connectivity index (χ3n) is 3.30. The van der Waals surface area contributed by atoms with Crippen LogP contribution in [-0.4, -0.2) is 5.16 Å². The molecule has 2 rings (SSSR count). The van der Waals surface area contributed by atoms with E-state index >= 15 is 0 Å². The van der Waals surface area contributed by atoms with Crippen LogP contribution in [0, 0.1) is 11.3 Å². The maximum absolute atomic E-state index is 5.71. The van der Waals surface area contributed by atoms with Gasteiger partial charge in [-0.1, -0.05) is 25.9 Å². The third-order valence-corrected chi connectivity index (χ3v) is 3.30. The minimum Gasteiger partial charge on any atom is -0.381 e. The molecule has 1 unspecified atom stereocenters. The first-order chi connectivity index (χ1) is 6.48. The van der Waals surface area contributed by atoms with Gasteiger partial charge >= 0.3 is 0 Å². The SMILES string of the molecule is CC(C)(C)C1CCc2c(N)noc2C1. The maximum atomic E-state index is 5.71. The molecule has 1 aromatic rings. The lowest BCUT2D eigenvalue weighted by Gasteiger charge is -2.32. The monoisotopic (exact) mass is 194 g/mol. The van der Waals surface area contributed by atoms with Crippen molar-refractivity contribution in [3.8, 4) is 0 Å². The van der Waals surface area contributed by atoms with Crippen molar-refractivity contribution in [3.05, 3.63) is 11.3 Å². The van der Waals surface area contributed by atoms with Crippen LogP contribution in [0.25, 0.3) is 0 Å². The number of nitrogens with two attached hydrogens (primary N) is 1. The summed E-state index contributed by atoms with van der Waals surface area (Å²) < 4.78 is 5.24. The maximum Gasteiger partial charge on any atom is 0.170 e. The molecule has 0 spiro atoms. The Balaban J connectivity index is 2.22. The fraction of sp³-hybridized carbons (Fsp3) is 0.727. The van der Waals surface area contributed by atoms with Crippen LogP contribution in [0.5, 0.6) is 0 Å². The molecular weight excluding hydrogens is 176 g/mol. The van der Waals surface area contributed by atoms with E-state index in [-0.39, 0.29) is 0 Å². The largest absolute Gasteiger partial charge is 0.381 e. The average Bonchev–Trinajstić information content (AvgIpc) is 2.46. The van der Waals surface area contributed by atoms with Crippen molar-refractivity contribution in [1.29, 1.82) is 0 Å². The second kappa shape index (κ2) is 3.01. The van der Waals surface area contributed by atoms with E-state index in [9.17, 15) is 0 Å². The van der Waals surface area contributed by atoms with Crippen LogP contribution in [0.2, 0.25) is 0 Å². The summed E-state index contributed by atoms with van der Waals surface area (Å²) in [5.41, 5.74) is 7.20. The van der Waals surface area contributed by atoms with Gasteiger partial charge in [0, 0.05) is 12.0 Å².